The summed E-state index contributed by atoms with van der Waals surface area (Å²) in [7, 11) is 0. The van der Waals surface area contributed by atoms with Crippen molar-refractivity contribution >= 4 is 0 Å². The van der Waals surface area contributed by atoms with E-state index in [0.29, 0.717) is 5.92 Å². The van der Waals surface area contributed by atoms with Crippen molar-refractivity contribution in [2.24, 2.45) is 11.7 Å². The van der Waals surface area contributed by atoms with Crippen LogP contribution in [0.25, 0.3) is 0 Å². The smallest absolute Gasteiger partial charge is 0.000556 e. The van der Waals surface area contributed by atoms with Crippen molar-refractivity contribution in [1.82, 2.24) is 0 Å². The minimum atomic E-state index is 0.584. The summed E-state index contributed by atoms with van der Waals surface area (Å²) in [6.07, 6.45) is 6.95. The SMILES string of the molecule is Cc1ccc(C(CN)C2CCCCC2)cc1. The van der Waals surface area contributed by atoms with Gasteiger partial charge in [0.1, 0.15) is 0 Å². The molecule has 0 spiro atoms. The molecule has 1 fully saturated rings. The van der Waals surface area contributed by atoms with Crippen LogP contribution in [0.1, 0.15) is 49.1 Å². The van der Waals surface area contributed by atoms with Gasteiger partial charge in [0.05, 0.1) is 0 Å². The predicted octanol–water partition coefficient (Wildman–Crippen LogP) is 3.62. The van der Waals surface area contributed by atoms with Crippen LogP contribution < -0.4 is 5.73 Å². The Labute approximate surface area is 99.0 Å². The van der Waals surface area contributed by atoms with Gasteiger partial charge < -0.3 is 5.73 Å². The van der Waals surface area contributed by atoms with Crippen LogP contribution in [0.15, 0.2) is 24.3 Å². The molecule has 2 N–H and O–H groups in total. The standard InChI is InChI=1S/C15H23N/c1-12-7-9-14(10-8-12)15(11-16)13-5-3-2-4-6-13/h7-10,13,15H,2-6,11,16H2,1H3. The second kappa shape index (κ2) is 5.49. The minimum Gasteiger partial charge on any atom is -0.330 e. The zero-order chi connectivity index (χ0) is 11.4. The molecule has 1 saturated carbocycles. The molecule has 1 aliphatic rings. The summed E-state index contributed by atoms with van der Waals surface area (Å²) in [5.74, 6) is 1.40. The molecule has 1 aliphatic carbocycles. The Morgan fingerprint density at radius 1 is 1.12 bits per heavy atom. The van der Waals surface area contributed by atoms with Crippen molar-refractivity contribution in [3.05, 3.63) is 35.4 Å². The number of benzene rings is 1. The molecule has 16 heavy (non-hydrogen) atoms. The zero-order valence-corrected chi connectivity index (χ0v) is 10.3. The highest BCUT2D eigenvalue weighted by atomic mass is 14.6. The van der Waals surface area contributed by atoms with Crippen LogP contribution in [0, 0.1) is 12.8 Å². The average molecular weight is 217 g/mol. The minimum absolute atomic E-state index is 0.584. The van der Waals surface area contributed by atoms with E-state index < -0.39 is 0 Å². The Bertz CT molecular complexity index is 309. The van der Waals surface area contributed by atoms with Crippen LogP contribution in [0.2, 0.25) is 0 Å². The highest BCUT2D eigenvalue weighted by Gasteiger charge is 2.23. The van der Waals surface area contributed by atoms with Gasteiger partial charge in [0.25, 0.3) is 0 Å². The number of rotatable bonds is 3. The normalized spacial score (nSPS) is 19.6. The first-order chi connectivity index (χ1) is 7.81. The molecule has 1 heteroatoms. The van der Waals surface area contributed by atoms with Crippen LogP contribution >= 0.6 is 0 Å². The van der Waals surface area contributed by atoms with E-state index in [1.54, 1.807) is 0 Å². The first kappa shape index (κ1) is 11.7. The molecular formula is C15H23N. The van der Waals surface area contributed by atoms with Crippen LogP contribution in [0.5, 0.6) is 0 Å². The van der Waals surface area contributed by atoms with Gasteiger partial charge in [0, 0.05) is 0 Å². The molecule has 0 radical (unpaired) electrons. The summed E-state index contributed by atoms with van der Waals surface area (Å²) in [6.45, 7) is 2.94. The zero-order valence-electron chi connectivity index (χ0n) is 10.3. The molecule has 1 aromatic carbocycles. The van der Waals surface area contributed by atoms with Gasteiger partial charge in [-0.05, 0) is 43.7 Å². The van der Waals surface area contributed by atoms with Crippen molar-refractivity contribution in [3.8, 4) is 0 Å². The monoisotopic (exact) mass is 217 g/mol. The quantitative estimate of drug-likeness (QED) is 0.822. The Balaban J connectivity index is 2.11. The van der Waals surface area contributed by atoms with Crippen LogP contribution in [-0.2, 0) is 0 Å². The molecule has 0 aromatic heterocycles. The topological polar surface area (TPSA) is 26.0 Å². The largest absolute Gasteiger partial charge is 0.330 e. The lowest BCUT2D eigenvalue weighted by atomic mass is 9.77. The van der Waals surface area contributed by atoms with Crippen molar-refractivity contribution in [1.29, 1.82) is 0 Å². The van der Waals surface area contributed by atoms with E-state index in [1.165, 1.54) is 43.2 Å². The van der Waals surface area contributed by atoms with Gasteiger partial charge in [-0.25, -0.2) is 0 Å². The Morgan fingerprint density at radius 2 is 1.75 bits per heavy atom. The molecule has 88 valence electrons. The molecule has 1 nitrogen and oxygen atoms in total. The van der Waals surface area contributed by atoms with Crippen molar-refractivity contribution in [2.75, 3.05) is 6.54 Å². The first-order valence-corrected chi connectivity index (χ1v) is 6.58. The summed E-state index contributed by atoms with van der Waals surface area (Å²) in [5.41, 5.74) is 8.75. The van der Waals surface area contributed by atoms with E-state index in [0.717, 1.165) is 12.5 Å². The fourth-order valence-electron chi connectivity index (χ4n) is 2.95. The Hall–Kier alpha value is -0.820. The molecule has 0 aliphatic heterocycles. The van der Waals surface area contributed by atoms with Gasteiger partial charge in [-0.2, -0.15) is 0 Å². The van der Waals surface area contributed by atoms with E-state index in [9.17, 15) is 0 Å². The number of aryl methyl sites for hydroxylation is 1. The number of hydrogen-bond donors (Lipinski definition) is 1. The lowest BCUT2D eigenvalue weighted by molar-refractivity contribution is 0.307. The van der Waals surface area contributed by atoms with E-state index in [1.807, 2.05) is 0 Å². The van der Waals surface area contributed by atoms with Crippen molar-refractivity contribution < 1.29 is 0 Å². The average Bonchev–Trinajstić information content (AvgIpc) is 2.34. The first-order valence-electron chi connectivity index (χ1n) is 6.58. The molecule has 0 heterocycles. The fraction of sp³-hybridized carbons (Fsp3) is 0.600. The maximum Gasteiger partial charge on any atom is -0.000556 e. The molecule has 0 saturated heterocycles. The van der Waals surface area contributed by atoms with Gasteiger partial charge in [0.15, 0.2) is 0 Å². The van der Waals surface area contributed by atoms with E-state index in [-0.39, 0.29) is 0 Å². The summed E-state index contributed by atoms with van der Waals surface area (Å²) < 4.78 is 0. The highest BCUT2D eigenvalue weighted by Crippen LogP contribution is 2.35. The summed E-state index contributed by atoms with van der Waals surface area (Å²) in [5, 5.41) is 0. The lowest BCUT2D eigenvalue weighted by Gasteiger charge is -2.29. The third-order valence-corrected chi connectivity index (χ3v) is 3.98. The summed E-state index contributed by atoms with van der Waals surface area (Å²) in [6, 6.07) is 8.95. The second-order valence-electron chi connectivity index (χ2n) is 5.15. The molecule has 0 bridgehead atoms. The molecule has 2 rings (SSSR count). The van der Waals surface area contributed by atoms with Crippen LogP contribution in [0.4, 0.5) is 0 Å². The summed E-state index contributed by atoms with van der Waals surface area (Å²) in [4.78, 5) is 0. The maximum absolute atomic E-state index is 5.97. The fourth-order valence-corrected chi connectivity index (χ4v) is 2.95. The van der Waals surface area contributed by atoms with Gasteiger partial charge in [-0.3, -0.25) is 0 Å². The Kier molecular flexibility index (Phi) is 4.00. The van der Waals surface area contributed by atoms with Crippen LogP contribution in [0.3, 0.4) is 0 Å². The number of nitrogens with two attached hydrogens (primary N) is 1. The van der Waals surface area contributed by atoms with Crippen molar-refractivity contribution in [3.63, 3.8) is 0 Å². The second-order valence-corrected chi connectivity index (χ2v) is 5.15. The number of hydrogen-bond acceptors (Lipinski definition) is 1. The molecule has 0 amide bonds. The van der Waals surface area contributed by atoms with Crippen LogP contribution in [-0.4, -0.2) is 6.54 Å². The molecule has 1 unspecified atom stereocenters. The van der Waals surface area contributed by atoms with Gasteiger partial charge >= 0.3 is 0 Å². The molecular weight excluding hydrogens is 194 g/mol. The van der Waals surface area contributed by atoms with E-state index in [2.05, 4.69) is 31.2 Å². The molecule has 1 atom stereocenters. The van der Waals surface area contributed by atoms with Gasteiger partial charge in [-0.15, -0.1) is 0 Å². The predicted molar refractivity (Wildman–Crippen MR) is 69.5 cm³/mol. The van der Waals surface area contributed by atoms with Crippen molar-refractivity contribution in [2.45, 2.75) is 44.9 Å². The third kappa shape index (κ3) is 2.65. The van der Waals surface area contributed by atoms with Gasteiger partial charge in [-0.1, -0.05) is 49.1 Å². The van der Waals surface area contributed by atoms with E-state index >= 15 is 0 Å². The van der Waals surface area contributed by atoms with Gasteiger partial charge in [0.2, 0.25) is 0 Å². The van der Waals surface area contributed by atoms with E-state index in [4.69, 9.17) is 5.73 Å². The third-order valence-electron chi connectivity index (χ3n) is 3.98. The highest BCUT2D eigenvalue weighted by molar-refractivity contribution is 5.25. The molecule has 1 aromatic rings. The maximum atomic E-state index is 5.97. The lowest BCUT2D eigenvalue weighted by Crippen LogP contribution is -2.23. The Morgan fingerprint density at radius 3 is 2.31 bits per heavy atom. The summed E-state index contributed by atoms with van der Waals surface area (Å²) >= 11 is 0.